The lowest BCUT2D eigenvalue weighted by molar-refractivity contribution is 0.00873. The highest BCUT2D eigenvalue weighted by atomic mass is 16.7. The van der Waals surface area contributed by atoms with E-state index in [1.807, 2.05) is 13.1 Å². The lowest BCUT2D eigenvalue weighted by Gasteiger charge is -2.39. The van der Waals surface area contributed by atoms with Crippen molar-refractivity contribution in [3.8, 4) is 41.1 Å². The van der Waals surface area contributed by atoms with Crippen molar-refractivity contribution < 1.29 is 33.2 Å². The molecule has 0 aromatic heterocycles. The number of carbonyl (C=O) groups excluding carboxylic acids is 1. The molecule has 3 heterocycles. The molecule has 0 N–H and O–H groups in total. The monoisotopic (exact) mass is 437 g/mol. The molecule has 2 aromatic rings. The number of likely N-dealkylation sites (N-methyl/N-ethyl adjacent to an activating group) is 1. The molecule has 8 nitrogen and oxygen atoms in total. The molecule has 2 atom stereocenters. The highest BCUT2D eigenvalue weighted by Gasteiger charge is 2.47. The molecule has 3 aliphatic heterocycles. The van der Waals surface area contributed by atoms with E-state index < -0.39 is 12.1 Å². The highest BCUT2D eigenvalue weighted by molar-refractivity contribution is 5.98. The third-order valence-corrected chi connectivity index (χ3v) is 6.36. The molecular formula is C24H23NO7. The summed E-state index contributed by atoms with van der Waals surface area (Å²) in [6, 6.07) is 3.27. The van der Waals surface area contributed by atoms with Gasteiger partial charge in [-0.2, -0.15) is 0 Å². The average Bonchev–Trinajstić information content (AvgIpc) is 3.41. The number of ether oxygens (including phenoxy) is 6. The number of hydrogen-bond acceptors (Lipinski definition) is 8. The summed E-state index contributed by atoms with van der Waals surface area (Å²) < 4.78 is 34.0. The normalized spacial score (nSPS) is 20.8. The van der Waals surface area contributed by atoms with E-state index in [2.05, 4.69) is 10.8 Å². The number of terminal acetylenes is 1. The Morgan fingerprint density at radius 1 is 1.09 bits per heavy atom. The topological polar surface area (TPSA) is 75.7 Å². The second-order valence-corrected chi connectivity index (χ2v) is 7.78. The molecule has 0 radical (unpaired) electrons. The Kier molecular flexibility index (Phi) is 4.79. The van der Waals surface area contributed by atoms with Crippen LogP contribution in [-0.4, -0.2) is 52.6 Å². The SMILES string of the molecule is C#Cc1c2c(c(OC)c3c1OCO3)[C@H]([C@H]1OC(=O)c3c1ccc(OC)c3OC)N(C)CC2. The van der Waals surface area contributed by atoms with Gasteiger partial charge in [-0.25, -0.2) is 4.79 Å². The van der Waals surface area contributed by atoms with Crippen LogP contribution in [0.15, 0.2) is 12.1 Å². The van der Waals surface area contributed by atoms with Crippen LogP contribution in [-0.2, 0) is 11.2 Å². The number of esters is 1. The number of methoxy groups -OCH3 is 3. The molecule has 2 aromatic carbocycles. The van der Waals surface area contributed by atoms with Gasteiger partial charge >= 0.3 is 5.97 Å². The molecule has 0 saturated carbocycles. The molecule has 32 heavy (non-hydrogen) atoms. The number of carbonyl (C=O) groups is 1. The van der Waals surface area contributed by atoms with Crippen LogP contribution in [0.25, 0.3) is 0 Å². The van der Waals surface area contributed by atoms with Gasteiger partial charge < -0.3 is 28.4 Å². The van der Waals surface area contributed by atoms with Crippen LogP contribution >= 0.6 is 0 Å². The molecular weight excluding hydrogens is 414 g/mol. The largest absolute Gasteiger partial charge is 0.493 e. The van der Waals surface area contributed by atoms with Crippen molar-refractivity contribution in [2.24, 2.45) is 0 Å². The van der Waals surface area contributed by atoms with Gasteiger partial charge in [-0.05, 0) is 25.1 Å². The Labute approximate surface area is 185 Å². The van der Waals surface area contributed by atoms with Crippen LogP contribution in [0, 0.1) is 12.3 Å². The average molecular weight is 437 g/mol. The molecule has 3 aliphatic rings. The predicted octanol–water partition coefficient (Wildman–Crippen LogP) is 2.86. The van der Waals surface area contributed by atoms with Gasteiger partial charge in [0.25, 0.3) is 0 Å². The van der Waals surface area contributed by atoms with E-state index in [9.17, 15) is 4.79 Å². The van der Waals surface area contributed by atoms with E-state index in [0.29, 0.717) is 52.8 Å². The van der Waals surface area contributed by atoms with Gasteiger partial charge in [0.2, 0.25) is 12.5 Å². The maximum atomic E-state index is 13.0. The standard InChI is InChI=1S/C24H23NO7/c1-6-12-13-9-10-25(2)18(16(13)22(29-5)23-20(12)30-11-31-23)19-14-7-8-15(27-3)21(28-4)17(14)24(26)32-19/h1,7-8,18-19H,9-11H2,2-5H3/t18-,19+/m1/s1. The third kappa shape index (κ3) is 2.64. The van der Waals surface area contributed by atoms with Gasteiger partial charge in [0.1, 0.15) is 11.7 Å². The zero-order valence-electron chi connectivity index (χ0n) is 18.3. The summed E-state index contributed by atoms with van der Waals surface area (Å²) in [6.07, 6.45) is 5.99. The van der Waals surface area contributed by atoms with Crippen molar-refractivity contribution >= 4 is 5.97 Å². The first-order valence-corrected chi connectivity index (χ1v) is 10.2. The Balaban J connectivity index is 1.74. The van der Waals surface area contributed by atoms with E-state index >= 15 is 0 Å². The van der Waals surface area contributed by atoms with E-state index in [1.165, 1.54) is 14.2 Å². The fourth-order valence-corrected chi connectivity index (χ4v) is 4.98. The van der Waals surface area contributed by atoms with E-state index in [4.69, 9.17) is 34.8 Å². The first-order valence-electron chi connectivity index (χ1n) is 10.2. The summed E-state index contributed by atoms with van der Waals surface area (Å²) >= 11 is 0. The summed E-state index contributed by atoms with van der Waals surface area (Å²) in [6.45, 7) is 0.786. The minimum absolute atomic E-state index is 0.0714. The number of benzene rings is 2. The predicted molar refractivity (Wildman–Crippen MR) is 114 cm³/mol. The van der Waals surface area contributed by atoms with Crippen molar-refractivity contribution in [1.82, 2.24) is 4.90 Å². The first-order chi connectivity index (χ1) is 15.5. The number of rotatable bonds is 4. The summed E-state index contributed by atoms with van der Waals surface area (Å²) in [5.74, 6) is 4.70. The molecule has 5 rings (SSSR count). The summed E-state index contributed by atoms with van der Waals surface area (Å²) in [4.78, 5) is 15.1. The quantitative estimate of drug-likeness (QED) is 0.534. The summed E-state index contributed by atoms with van der Waals surface area (Å²) in [7, 11) is 6.60. The second kappa shape index (κ2) is 7.53. The van der Waals surface area contributed by atoms with Crippen molar-refractivity contribution in [3.05, 3.63) is 39.9 Å². The van der Waals surface area contributed by atoms with Crippen LogP contribution in [0.2, 0.25) is 0 Å². The van der Waals surface area contributed by atoms with E-state index in [-0.39, 0.29) is 12.8 Å². The van der Waals surface area contributed by atoms with Crippen LogP contribution in [0.4, 0.5) is 0 Å². The molecule has 0 aliphatic carbocycles. The van der Waals surface area contributed by atoms with Crippen LogP contribution in [0.5, 0.6) is 28.7 Å². The Morgan fingerprint density at radius 2 is 1.84 bits per heavy atom. The van der Waals surface area contributed by atoms with Crippen LogP contribution < -0.4 is 23.7 Å². The zero-order valence-corrected chi connectivity index (χ0v) is 18.3. The smallest absolute Gasteiger partial charge is 0.343 e. The molecule has 166 valence electrons. The van der Waals surface area contributed by atoms with Crippen LogP contribution in [0.1, 0.15) is 44.8 Å². The number of fused-ring (bicyclic) bond motifs is 3. The minimum Gasteiger partial charge on any atom is -0.493 e. The molecule has 0 bridgehead atoms. The van der Waals surface area contributed by atoms with Gasteiger partial charge in [0.05, 0.1) is 32.9 Å². The van der Waals surface area contributed by atoms with Gasteiger partial charge in [0, 0.05) is 17.7 Å². The molecule has 0 spiro atoms. The van der Waals surface area contributed by atoms with Crippen LogP contribution in [0.3, 0.4) is 0 Å². The molecule has 0 amide bonds. The number of nitrogens with zero attached hydrogens (tertiary/aromatic N) is 1. The maximum absolute atomic E-state index is 13.0. The van der Waals surface area contributed by atoms with Crippen molar-refractivity contribution in [3.63, 3.8) is 0 Å². The zero-order chi connectivity index (χ0) is 22.6. The number of cyclic esters (lactones) is 1. The van der Waals surface area contributed by atoms with Gasteiger partial charge in [-0.3, -0.25) is 4.90 Å². The fourth-order valence-electron chi connectivity index (χ4n) is 4.98. The first kappa shape index (κ1) is 20.3. The molecule has 8 heteroatoms. The van der Waals surface area contributed by atoms with Gasteiger partial charge in [-0.15, -0.1) is 6.42 Å². The summed E-state index contributed by atoms with van der Waals surface area (Å²) in [5, 5.41) is 0. The third-order valence-electron chi connectivity index (χ3n) is 6.36. The lowest BCUT2D eigenvalue weighted by Crippen LogP contribution is -2.36. The van der Waals surface area contributed by atoms with E-state index in [1.54, 1.807) is 13.2 Å². The highest BCUT2D eigenvalue weighted by Crippen LogP contribution is 2.56. The minimum atomic E-state index is -0.596. The number of hydrogen-bond donors (Lipinski definition) is 0. The Morgan fingerprint density at radius 3 is 2.53 bits per heavy atom. The van der Waals surface area contributed by atoms with Crippen molar-refractivity contribution in [1.29, 1.82) is 0 Å². The van der Waals surface area contributed by atoms with Crippen molar-refractivity contribution in [2.45, 2.75) is 18.6 Å². The van der Waals surface area contributed by atoms with Gasteiger partial charge in [0.15, 0.2) is 23.0 Å². The lowest BCUT2D eigenvalue weighted by atomic mass is 9.83. The van der Waals surface area contributed by atoms with Gasteiger partial charge in [-0.1, -0.05) is 12.0 Å². The second-order valence-electron chi connectivity index (χ2n) is 7.78. The molecule has 0 unspecified atom stereocenters. The fraction of sp³-hybridized carbons (Fsp3) is 0.375. The maximum Gasteiger partial charge on any atom is 0.343 e. The Hall–Kier alpha value is -3.57. The van der Waals surface area contributed by atoms with Crippen molar-refractivity contribution in [2.75, 3.05) is 41.7 Å². The molecule has 0 fully saturated rings. The van der Waals surface area contributed by atoms with E-state index in [0.717, 1.165) is 16.7 Å². The molecule has 0 saturated heterocycles. The Bertz CT molecular complexity index is 1170. The summed E-state index contributed by atoms with van der Waals surface area (Å²) in [5.41, 5.74) is 3.54.